The average Bonchev–Trinajstić information content (AvgIpc) is 3.34. The summed E-state index contributed by atoms with van der Waals surface area (Å²) in [7, 11) is -4.10. The summed E-state index contributed by atoms with van der Waals surface area (Å²) in [4.78, 5) is 21.3. The standard InChI is InChI=1S/C23H24ClFN4O5S/c1-13-16(5-14-3-2-4-17(24)6-14)9-21(34-13)22(30)18-10-27-12-28-23(18)29-20-8-15(7-19(20)25)11-33-35(26,31)32/h2-4,6,9-10,12,15,19-20H,5,7-8,11H2,1H3,(H2,26,31,32)(H,27,28,29)/t15-,19+,20-/m1/s1. The van der Waals surface area contributed by atoms with Gasteiger partial charge in [-0.15, -0.1) is 0 Å². The number of carbonyl (C=O) groups excluding carboxylic acids is 1. The van der Waals surface area contributed by atoms with Crippen LogP contribution in [0.15, 0.2) is 47.3 Å². The van der Waals surface area contributed by atoms with E-state index in [1.54, 1.807) is 19.1 Å². The summed E-state index contributed by atoms with van der Waals surface area (Å²) >= 11 is 6.07. The maximum atomic E-state index is 14.6. The molecule has 4 rings (SSSR count). The van der Waals surface area contributed by atoms with Crippen molar-refractivity contribution in [2.24, 2.45) is 11.1 Å². The van der Waals surface area contributed by atoms with E-state index in [-0.39, 0.29) is 42.5 Å². The van der Waals surface area contributed by atoms with E-state index < -0.39 is 28.3 Å². The molecule has 2 aromatic heterocycles. The van der Waals surface area contributed by atoms with E-state index in [2.05, 4.69) is 19.5 Å². The number of halogens is 2. The molecular weight excluding hydrogens is 499 g/mol. The molecule has 1 aliphatic carbocycles. The zero-order valence-corrected chi connectivity index (χ0v) is 20.4. The first-order valence-corrected chi connectivity index (χ1v) is 12.7. The van der Waals surface area contributed by atoms with Gasteiger partial charge in [-0.25, -0.2) is 19.5 Å². The summed E-state index contributed by atoms with van der Waals surface area (Å²) in [6.07, 6.45) is 2.20. The topological polar surface area (TPSA) is 137 Å². The Bertz CT molecular complexity index is 1330. The normalized spacial score (nSPS) is 20.2. The molecular formula is C23H24ClFN4O5S. The van der Waals surface area contributed by atoms with Crippen LogP contribution < -0.4 is 10.5 Å². The number of anilines is 1. The second-order valence-electron chi connectivity index (χ2n) is 8.49. The number of nitrogens with zero attached hydrogens (tertiary/aromatic N) is 2. The molecule has 0 bridgehead atoms. The van der Waals surface area contributed by atoms with Crippen LogP contribution in [0.1, 0.15) is 45.8 Å². The van der Waals surface area contributed by atoms with Gasteiger partial charge in [0.05, 0.1) is 18.2 Å². The smallest absolute Gasteiger partial charge is 0.333 e. The third-order valence-corrected chi connectivity index (χ3v) is 6.56. The molecule has 0 saturated heterocycles. The summed E-state index contributed by atoms with van der Waals surface area (Å²) in [5, 5.41) is 8.43. The SMILES string of the molecule is Cc1oc(C(=O)c2cncnc2N[C@@H]2C[C@H](COS(N)(=O)=O)C[C@@H]2F)cc1Cc1cccc(Cl)c1. The summed E-state index contributed by atoms with van der Waals surface area (Å²) < 4.78 is 47.0. The molecule has 1 saturated carbocycles. The average molecular weight is 523 g/mol. The highest BCUT2D eigenvalue weighted by atomic mass is 35.5. The number of aromatic nitrogens is 2. The van der Waals surface area contributed by atoms with Crippen molar-refractivity contribution in [3.05, 3.63) is 76.1 Å². The number of furan rings is 1. The first-order valence-electron chi connectivity index (χ1n) is 10.8. The lowest BCUT2D eigenvalue weighted by Gasteiger charge is -2.17. The third-order valence-electron chi connectivity index (χ3n) is 5.86. The van der Waals surface area contributed by atoms with E-state index in [4.69, 9.17) is 21.2 Å². The number of hydrogen-bond donors (Lipinski definition) is 2. The van der Waals surface area contributed by atoms with Crippen LogP contribution in [0, 0.1) is 12.8 Å². The molecule has 3 atom stereocenters. The molecule has 3 N–H and O–H groups in total. The van der Waals surface area contributed by atoms with Gasteiger partial charge in [-0.2, -0.15) is 8.42 Å². The van der Waals surface area contributed by atoms with Crippen LogP contribution in [-0.4, -0.2) is 43.0 Å². The molecule has 0 spiro atoms. The largest absolute Gasteiger partial charge is 0.458 e. The summed E-state index contributed by atoms with van der Waals surface area (Å²) in [5.41, 5.74) is 1.94. The van der Waals surface area contributed by atoms with Crippen molar-refractivity contribution in [3.8, 4) is 0 Å². The third kappa shape index (κ3) is 6.43. The zero-order chi connectivity index (χ0) is 25.2. The van der Waals surface area contributed by atoms with Gasteiger partial charge in [-0.1, -0.05) is 23.7 Å². The number of aryl methyl sites for hydroxylation is 1. The molecule has 0 aliphatic heterocycles. The lowest BCUT2D eigenvalue weighted by molar-refractivity contribution is 0.101. The fraction of sp³-hybridized carbons (Fsp3) is 0.348. The van der Waals surface area contributed by atoms with E-state index in [9.17, 15) is 17.6 Å². The molecule has 9 nitrogen and oxygen atoms in total. The van der Waals surface area contributed by atoms with Crippen LogP contribution >= 0.6 is 11.6 Å². The lowest BCUT2D eigenvalue weighted by atomic mass is 10.0. The second kappa shape index (κ2) is 10.4. The Balaban J connectivity index is 1.49. The van der Waals surface area contributed by atoms with E-state index >= 15 is 0 Å². The summed E-state index contributed by atoms with van der Waals surface area (Å²) in [6.45, 7) is 1.56. The molecule has 1 fully saturated rings. The Labute approximate surface area is 207 Å². The van der Waals surface area contributed by atoms with Gasteiger partial charge < -0.3 is 9.73 Å². The van der Waals surface area contributed by atoms with Crippen molar-refractivity contribution >= 4 is 33.5 Å². The van der Waals surface area contributed by atoms with Crippen LogP contribution in [0.25, 0.3) is 0 Å². The number of nitrogens with one attached hydrogen (secondary N) is 1. The van der Waals surface area contributed by atoms with Crippen LogP contribution in [0.4, 0.5) is 10.2 Å². The van der Waals surface area contributed by atoms with Crippen LogP contribution in [-0.2, 0) is 20.9 Å². The zero-order valence-electron chi connectivity index (χ0n) is 18.8. The van der Waals surface area contributed by atoms with Gasteiger partial charge in [-0.3, -0.25) is 8.98 Å². The molecule has 2 heterocycles. The van der Waals surface area contributed by atoms with Crippen molar-refractivity contribution in [2.45, 2.75) is 38.4 Å². The van der Waals surface area contributed by atoms with Crippen LogP contribution in [0.5, 0.6) is 0 Å². The van der Waals surface area contributed by atoms with Gasteiger partial charge in [-0.05, 0) is 55.0 Å². The molecule has 35 heavy (non-hydrogen) atoms. The van der Waals surface area contributed by atoms with Crippen LogP contribution in [0.2, 0.25) is 5.02 Å². The molecule has 0 unspecified atom stereocenters. The van der Waals surface area contributed by atoms with Crippen molar-refractivity contribution in [2.75, 3.05) is 11.9 Å². The minimum absolute atomic E-state index is 0.0891. The predicted octanol–water partition coefficient (Wildman–Crippen LogP) is 3.60. The van der Waals surface area contributed by atoms with Crippen molar-refractivity contribution in [1.29, 1.82) is 0 Å². The Kier molecular flexibility index (Phi) is 7.50. The van der Waals surface area contributed by atoms with Crippen molar-refractivity contribution in [1.82, 2.24) is 9.97 Å². The maximum Gasteiger partial charge on any atom is 0.333 e. The quantitative estimate of drug-likeness (QED) is 0.406. The van der Waals surface area contributed by atoms with Crippen molar-refractivity contribution < 1.29 is 26.2 Å². The van der Waals surface area contributed by atoms with E-state index in [0.717, 1.165) is 11.1 Å². The Morgan fingerprint density at radius 3 is 2.89 bits per heavy atom. The number of hydrogen-bond acceptors (Lipinski definition) is 8. The number of nitrogens with two attached hydrogens (primary N) is 1. The Morgan fingerprint density at radius 2 is 2.14 bits per heavy atom. The van der Waals surface area contributed by atoms with Gasteiger partial charge in [0, 0.05) is 17.6 Å². The number of ketones is 1. The van der Waals surface area contributed by atoms with Crippen LogP contribution in [0.3, 0.4) is 0 Å². The highest BCUT2D eigenvalue weighted by Gasteiger charge is 2.36. The molecule has 1 aromatic carbocycles. The Morgan fingerprint density at radius 1 is 1.34 bits per heavy atom. The fourth-order valence-electron chi connectivity index (χ4n) is 4.16. The van der Waals surface area contributed by atoms with E-state index in [1.165, 1.54) is 12.5 Å². The van der Waals surface area contributed by atoms with E-state index in [1.807, 2.05) is 18.2 Å². The summed E-state index contributed by atoms with van der Waals surface area (Å²) in [5.74, 6) is 0.0628. The molecule has 186 valence electrons. The summed E-state index contributed by atoms with van der Waals surface area (Å²) in [6, 6.07) is 8.40. The Hall–Kier alpha value is -2.86. The van der Waals surface area contributed by atoms with Gasteiger partial charge in [0.1, 0.15) is 24.1 Å². The minimum atomic E-state index is -4.10. The molecule has 1 aliphatic rings. The predicted molar refractivity (Wildman–Crippen MR) is 127 cm³/mol. The van der Waals surface area contributed by atoms with Crippen molar-refractivity contribution in [3.63, 3.8) is 0 Å². The van der Waals surface area contributed by atoms with E-state index in [0.29, 0.717) is 17.2 Å². The van der Waals surface area contributed by atoms with Gasteiger partial charge in [0.15, 0.2) is 5.76 Å². The van der Waals surface area contributed by atoms with Gasteiger partial charge in [0.25, 0.3) is 0 Å². The first-order chi connectivity index (χ1) is 16.6. The lowest BCUT2D eigenvalue weighted by Crippen LogP contribution is -2.27. The number of alkyl halides is 1. The van der Waals surface area contributed by atoms with Gasteiger partial charge >= 0.3 is 10.3 Å². The monoisotopic (exact) mass is 522 g/mol. The molecule has 0 radical (unpaired) electrons. The molecule has 3 aromatic rings. The highest BCUT2D eigenvalue weighted by molar-refractivity contribution is 7.84. The number of rotatable bonds is 9. The first kappa shape index (κ1) is 25.2. The molecule has 12 heteroatoms. The molecule has 0 amide bonds. The number of carbonyl (C=O) groups is 1. The van der Waals surface area contributed by atoms with Gasteiger partial charge in [0.2, 0.25) is 5.78 Å². The maximum absolute atomic E-state index is 14.6. The second-order valence-corrected chi connectivity index (χ2v) is 10.2. The number of benzene rings is 1. The fourth-order valence-corrected chi connectivity index (χ4v) is 4.75. The minimum Gasteiger partial charge on any atom is -0.458 e. The highest BCUT2D eigenvalue weighted by Crippen LogP contribution is 2.32.